The van der Waals surface area contributed by atoms with E-state index in [-0.39, 0.29) is 4.90 Å². The maximum atomic E-state index is 12.8. The number of imide groups is 1. The van der Waals surface area contributed by atoms with Crippen molar-refractivity contribution >= 4 is 17.6 Å². The van der Waals surface area contributed by atoms with E-state index in [1.807, 2.05) is 0 Å². The summed E-state index contributed by atoms with van der Waals surface area (Å²) >= 11 is 0. The third-order valence-corrected chi connectivity index (χ3v) is 2.57. The minimum absolute atomic E-state index is 0.0836. The highest BCUT2D eigenvalue weighted by Crippen LogP contribution is 2.30. The number of hydrogen-bond donors (Lipinski definition) is 0. The molecule has 0 saturated carbocycles. The minimum atomic E-state index is -4.82. The van der Waals surface area contributed by atoms with E-state index >= 15 is 0 Å². The Labute approximate surface area is 101 Å². The molecule has 0 N–H and O–H groups in total. The van der Waals surface area contributed by atoms with Crippen molar-refractivity contribution in [2.45, 2.75) is 32.5 Å². The van der Waals surface area contributed by atoms with Crippen LogP contribution in [0.3, 0.4) is 0 Å². The molecule has 1 rings (SSSR count). The second-order valence-electron chi connectivity index (χ2n) is 4.26. The maximum absolute atomic E-state index is 12.8. The second-order valence-corrected chi connectivity index (χ2v) is 4.26. The summed E-state index contributed by atoms with van der Waals surface area (Å²) < 4.78 is 38.4. The number of amides is 2. The van der Waals surface area contributed by atoms with Crippen LogP contribution in [0.2, 0.25) is 0 Å². The smallest absolute Gasteiger partial charge is 0.299 e. The van der Waals surface area contributed by atoms with Gasteiger partial charge in [0.25, 0.3) is 11.8 Å². The predicted octanol–water partition coefficient (Wildman–Crippen LogP) is 1.46. The molecule has 1 unspecified atom stereocenters. The summed E-state index contributed by atoms with van der Waals surface area (Å²) in [6.07, 6.45) is -4.19. The van der Waals surface area contributed by atoms with Crippen LogP contribution in [0.4, 0.5) is 13.2 Å². The average molecular weight is 263 g/mol. The number of carbonyl (C=O) groups excluding carboxylic acids is 3. The fourth-order valence-electron chi connectivity index (χ4n) is 1.50. The van der Waals surface area contributed by atoms with Gasteiger partial charge in [0, 0.05) is 24.5 Å². The summed E-state index contributed by atoms with van der Waals surface area (Å²) in [5, 5.41) is 0. The number of rotatable bonds is 4. The highest BCUT2D eigenvalue weighted by Gasteiger charge is 2.49. The zero-order valence-electron chi connectivity index (χ0n) is 9.82. The Morgan fingerprint density at radius 3 is 2.00 bits per heavy atom. The van der Waals surface area contributed by atoms with Crippen molar-refractivity contribution in [3.8, 4) is 0 Å². The Bertz CT molecular complexity index is 394. The molecule has 4 nitrogen and oxygen atoms in total. The van der Waals surface area contributed by atoms with Crippen molar-refractivity contribution in [2.24, 2.45) is 5.92 Å². The van der Waals surface area contributed by atoms with Crippen LogP contribution in [0, 0.1) is 5.92 Å². The molecule has 0 aliphatic carbocycles. The third-order valence-electron chi connectivity index (χ3n) is 2.57. The zero-order chi connectivity index (χ0) is 14.1. The number of carbonyl (C=O) groups is 3. The fourth-order valence-corrected chi connectivity index (χ4v) is 1.50. The van der Waals surface area contributed by atoms with Gasteiger partial charge >= 0.3 is 6.18 Å². The van der Waals surface area contributed by atoms with Crippen LogP contribution in [-0.4, -0.2) is 34.7 Å². The van der Waals surface area contributed by atoms with Crippen LogP contribution >= 0.6 is 0 Å². The van der Waals surface area contributed by atoms with Crippen LogP contribution in [-0.2, 0) is 14.4 Å². The van der Waals surface area contributed by atoms with Crippen LogP contribution in [0.1, 0.15) is 20.3 Å². The predicted molar refractivity (Wildman–Crippen MR) is 55.3 cm³/mol. The minimum Gasteiger partial charge on any atom is -0.299 e. The van der Waals surface area contributed by atoms with Gasteiger partial charge in [0.1, 0.15) is 11.8 Å². The number of ketones is 1. The molecule has 18 heavy (non-hydrogen) atoms. The van der Waals surface area contributed by atoms with E-state index in [2.05, 4.69) is 0 Å². The summed E-state index contributed by atoms with van der Waals surface area (Å²) in [4.78, 5) is 33.9. The van der Waals surface area contributed by atoms with Gasteiger partial charge < -0.3 is 0 Å². The van der Waals surface area contributed by atoms with Crippen molar-refractivity contribution < 1.29 is 27.6 Å². The van der Waals surface area contributed by atoms with Gasteiger partial charge in [-0.3, -0.25) is 19.3 Å². The molecule has 1 heterocycles. The first-order valence-corrected chi connectivity index (χ1v) is 5.29. The van der Waals surface area contributed by atoms with Gasteiger partial charge in [-0.05, 0) is 0 Å². The van der Waals surface area contributed by atoms with Crippen molar-refractivity contribution in [2.75, 3.05) is 0 Å². The summed E-state index contributed by atoms with van der Waals surface area (Å²) in [7, 11) is 0. The first-order chi connectivity index (χ1) is 8.14. The fraction of sp³-hybridized carbons (Fsp3) is 0.545. The molecule has 0 aromatic heterocycles. The summed E-state index contributed by atoms with van der Waals surface area (Å²) in [6.45, 7) is 2.92. The molecule has 0 fully saturated rings. The average Bonchev–Trinajstić information content (AvgIpc) is 2.53. The molecule has 100 valence electrons. The van der Waals surface area contributed by atoms with Crippen molar-refractivity contribution in [3.05, 3.63) is 12.2 Å². The number of Topliss-reactive ketones (excluding diaryl/α,β-unsaturated/α-hetero) is 1. The highest BCUT2D eigenvalue weighted by atomic mass is 19.4. The molecular weight excluding hydrogens is 251 g/mol. The lowest BCUT2D eigenvalue weighted by molar-refractivity contribution is -0.191. The molecule has 1 aliphatic heterocycles. The van der Waals surface area contributed by atoms with Gasteiger partial charge in [0.15, 0.2) is 0 Å². The Kier molecular flexibility index (Phi) is 3.93. The van der Waals surface area contributed by atoms with Gasteiger partial charge in [-0.15, -0.1) is 0 Å². The first-order valence-electron chi connectivity index (χ1n) is 5.29. The van der Waals surface area contributed by atoms with Crippen LogP contribution in [0.25, 0.3) is 0 Å². The molecular formula is C11H12F3NO3. The lowest BCUT2D eigenvalue weighted by atomic mass is 10.0. The van der Waals surface area contributed by atoms with Crippen LogP contribution in [0.15, 0.2) is 12.2 Å². The van der Waals surface area contributed by atoms with E-state index in [1.54, 1.807) is 0 Å². The summed E-state index contributed by atoms with van der Waals surface area (Å²) in [5.74, 6) is -3.32. The Hall–Kier alpha value is -1.66. The Morgan fingerprint density at radius 2 is 1.67 bits per heavy atom. The van der Waals surface area contributed by atoms with Gasteiger partial charge in [0.05, 0.1) is 0 Å². The van der Waals surface area contributed by atoms with Crippen molar-refractivity contribution in [1.82, 2.24) is 4.90 Å². The maximum Gasteiger partial charge on any atom is 0.409 e. The quantitative estimate of drug-likeness (QED) is 0.721. The zero-order valence-corrected chi connectivity index (χ0v) is 9.82. The molecule has 0 aromatic rings. The van der Waals surface area contributed by atoms with Gasteiger partial charge in [-0.2, -0.15) is 13.2 Å². The van der Waals surface area contributed by atoms with E-state index in [1.165, 1.54) is 13.8 Å². The summed E-state index contributed by atoms with van der Waals surface area (Å²) in [6, 6.07) is -2.39. The normalized spacial score (nSPS) is 17.8. The lowest BCUT2D eigenvalue weighted by Crippen LogP contribution is -2.50. The highest BCUT2D eigenvalue weighted by molar-refractivity contribution is 6.13. The van der Waals surface area contributed by atoms with E-state index < -0.39 is 42.2 Å². The number of hydrogen-bond acceptors (Lipinski definition) is 3. The largest absolute Gasteiger partial charge is 0.409 e. The molecule has 7 heteroatoms. The van der Waals surface area contributed by atoms with Crippen molar-refractivity contribution in [1.29, 1.82) is 0 Å². The number of alkyl halides is 3. The molecule has 2 amide bonds. The molecule has 1 aliphatic rings. The summed E-state index contributed by atoms with van der Waals surface area (Å²) in [5.41, 5.74) is 0. The molecule has 1 atom stereocenters. The first kappa shape index (κ1) is 14.4. The van der Waals surface area contributed by atoms with Gasteiger partial charge in [-0.25, -0.2) is 0 Å². The van der Waals surface area contributed by atoms with E-state index in [0.29, 0.717) is 0 Å². The van der Waals surface area contributed by atoms with Crippen LogP contribution in [0.5, 0.6) is 0 Å². The molecule has 0 aromatic carbocycles. The van der Waals surface area contributed by atoms with E-state index in [0.717, 1.165) is 12.2 Å². The molecule has 0 radical (unpaired) electrons. The Morgan fingerprint density at radius 1 is 1.22 bits per heavy atom. The molecule has 0 saturated heterocycles. The molecule has 0 spiro atoms. The van der Waals surface area contributed by atoms with Crippen molar-refractivity contribution in [3.63, 3.8) is 0 Å². The number of halogens is 3. The van der Waals surface area contributed by atoms with E-state index in [9.17, 15) is 27.6 Å². The molecule has 0 bridgehead atoms. The third kappa shape index (κ3) is 2.96. The monoisotopic (exact) mass is 263 g/mol. The Balaban J connectivity index is 2.97. The second kappa shape index (κ2) is 4.91. The number of nitrogens with zero attached hydrogens (tertiary/aromatic N) is 1. The van der Waals surface area contributed by atoms with Crippen LogP contribution < -0.4 is 0 Å². The van der Waals surface area contributed by atoms with Gasteiger partial charge in [0.2, 0.25) is 0 Å². The van der Waals surface area contributed by atoms with E-state index in [4.69, 9.17) is 0 Å². The van der Waals surface area contributed by atoms with Gasteiger partial charge in [-0.1, -0.05) is 13.8 Å². The topological polar surface area (TPSA) is 54.5 Å². The lowest BCUT2D eigenvalue weighted by Gasteiger charge is -2.28. The SMILES string of the molecule is CC(C)C(=O)CC(N1C(=O)C=CC1=O)C(F)(F)F. The standard InChI is InChI=1S/C11H12F3NO3/c1-6(2)7(16)5-8(11(12,13)14)15-9(17)3-4-10(15)18/h3-4,6,8H,5H2,1-2H3.